The van der Waals surface area contributed by atoms with E-state index in [0.29, 0.717) is 23.2 Å². The third-order valence-electron chi connectivity index (χ3n) is 9.35. The van der Waals surface area contributed by atoms with E-state index >= 15 is 0 Å². The lowest BCUT2D eigenvalue weighted by Crippen LogP contribution is -2.51. The monoisotopic (exact) mass is 343 g/mol. The zero-order valence-electron chi connectivity index (χ0n) is 17.0. The van der Waals surface area contributed by atoms with Gasteiger partial charge in [-0.2, -0.15) is 0 Å². The molecule has 2 nitrogen and oxygen atoms in total. The summed E-state index contributed by atoms with van der Waals surface area (Å²) in [6, 6.07) is 0.672. The highest BCUT2D eigenvalue weighted by molar-refractivity contribution is 5.87. The van der Waals surface area contributed by atoms with Crippen molar-refractivity contribution >= 4 is 5.78 Å². The van der Waals surface area contributed by atoms with Crippen molar-refractivity contribution < 1.29 is 4.79 Å². The largest absolute Gasteiger partial charge is 0.306 e. The van der Waals surface area contributed by atoms with Crippen molar-refractivity contribution in [3.63, 3.8) is 0 Å². The van der Waals surface area contributed by atoms with E-state index in [1.54, 1.807) is 5.57 Å². The lowest BCUT2D eigenvalue weighted by molar-refractivity contribution is -0.131. The number of allylic oxidation sites excluding steroid dienone is 2. The highest BCUT2D eigenvalue weighted by atomic mass is 16.1. The Morgan fingerprint density at radius 3 is 2.48 bits per heavy atom. The first-order chi connectivity index (χ1) is 11.8. The Hall–Kier alpha value is -0.630. The van der Waals surface area contributed by atoms with Gasteiger partial charge in [-0.15, -0.1) is 0 Å². The highest BCUT2D eigenvalue weighted by Crippen LogP contribution is 2.64. The van der Waals surface area contributed by atoms with Crippen LogP contribution in [0.5, 0.6) is 0 Å². The molecule has 0 amide bonds. The van der Waals surface area contributed by atoms with E-state index < -0.39 is 0 Å². The summed E-state index contributed by atoms with van der Waals surface area (Å²) in [7, 11) is 4.45. The zero-order valence-corrected chi connectivity index (χ0v) is 17.0. The van der Waals surface area contributed by atoms with Gasteiger partial charge in [0.15, 0.2) is 0 Å². The van der Waals surface area contributed by atoms with Crippen molar-refractivity contribution in [3.05, 3.63) is 11.6 Å². The van der Waals surface area contributed by atoms with Crippen LogP contribution in [0.15, 0.2) is 11.6 Å². The molecule has 140 valence electrons. The fourth-order valence-electron chi connectivity index (χ4n) is 7.29. The minimum absolute atomic E-state index is 0.0134. The van der Waals surface area contributed by atoms with Crippen molar-refractivity contribution in [2.24, 2.45) is 34.5 Å². The standard InChI is InChI=1S/C23H37NO/c1-15(24(4)5)16-10-12-22(2)17(14-16)6-7-18-19-8-9-21(25)23(19,3)13-11-20(18)22/h6,15-16,18-20H,7-14H2,1-5H3/t15-,16+,18-,19-,20+,22+,23+/m1/s1. The Morgan fingerprint density at radius 2 is 1.76 bits per heavy atom. The summed E-state index contributed by atoms with van der Waals surface area (Å²) in [5.41, 5.74) is 2.20. The molecule has 25 heavy (non-hydrogen) atoms. The van der Waals surface area contributed by atoms with Crippen molar-refractivity contribution in [2.75, 3.05) is 14.1 Å². The van der Waals surface area contributed by atoms with Gasteiger partial charge in [-0.1, -0.05) is 25.5 Å². The molecular weight excluding hydrogens is 306 g/mol. The molecule has 0 aliphatic heterocycles. The molecule has 0 spiro atoms. The molecule has 4 aliphatic carbocycles. The fraction of sp³-hybridized carbons (Fsp3) is 0.870. The van der Waals surface area contributed by atoms with Gasteiger partial charge in [0.1, 0.15) is 5.78 Å². The molecule has 0 unspecified atom stereocenters. The molecule has 0 heterocycles. The van der Waals surface area contributed by atoms with Crippen LogP contribution in [0.3, 0.4) is 0 Å². The van der Waals surface area contributed by atoms with Crippen LogP contribution < -0.4 is 0 Å². The van der Waals surface area contributed by atoms with Crippen LogP contribution in [-0.4, -0.2) is 30.8 Å². The van der Waals surface area contributed by atoms with E-state index in [4.69, 9.17) is 0 Å². The van der Waals surface area contributed by atoms with Gasteiger partial charge in [0.05, 0.1) is 0 Å². The topological polar surface area (TPSA) is 20.3 Å². The van der Waals surface area contributed by atoms with Crippen molar-refractivity contribution in [1.29, 1.82) is 0 Å². The number of carbonyl (C=O) groups excluding carboxylic acids is 1. The van der Waals surface area contributed by atoms with Gasteiger partial charge >= 0.3 is 0 Å². The van der Waals surface area contributed by atoms with Gasteiger partial charge in [-0.25, -0.2) is 0 Å². The molecule has 0 aromatic heterocycles. The summed E-state index contributed by atoms with van der Waals surface area (Å²) in [5, 5.41) is 0. The molecular formula is C23H37NO. The molecule has 3 saturated carbocycles. The molecule has 7 atom stereocenters. The van der Waals surface area contributed by atoms with E-state index in [1.807, 2.05) is 0 Å². The summed E-state index contributed by atoms with van der Waals surface area (Å²) in [6.07, 6.45) is 12.4. The van der Waals surface area contributed by atoms with E-state index in [0.717, 1.165) is 37.0 Å². The van der Waals surface area contributed by atoms with Crippen molar-refractivity contribution in [3.8, 4) is 0 Å². The van der Waals surface area contributed by atoms with E-state index in [9.17, 15) is 4.79 Å². The first kappa shape index (κ1) is 17.8. The molecule has 3 fully saturated rings. The lowest BCUT2D eigenvalue weighted by Gasteiger charge is -2.57. The van der Waals surface area contributed by atoms with E-state index in [-0.39, 0.29) is 5.41 Å². The first-order valence-corrected chi connectivity index (χ1v) is 10.7. The van der Waals surface area contributed by atoms with Gasteiger partial charge < -0.3 is 4.90 Å². The molecule has 0 saturated heterocycles. The summed E-state index contributed by atoms with van der Waals surface area (Å²) in [4.78, 5) is 14.9. The number of hydrogen-bond donors (Lipinski definition) is 0. The number of fused-ring (bicyclic) bond motifs is 5. The van der Waals surface area contributed by atoms with Gasteiger partial charge in [0.2, 0.25) is 0 Å². The predicted molar refractivity (Wildman–Crippen MR) is 103 cm³/mol. The average molecular weight is 344 g/mol. The first-order valence-electron chi connectivity index (χ1n) is 10.7. The highest BCUT2D eigenvalue weighted by Gasteiger charge is 2.58. The molecule has 4 aliphatic rings. The minimum atomic E-state index is 0.0134. The van der Waals surface area contributed by atoms with Crippen LogP contribution in [0.1, 0.15) is 72.1 Å². The summed E-state index contributed by atoms with van der Waals surface area (Å²) in [5.74, 6) is 3.63. The van der Waals surface area contributed by atoms with Crippen LogP contribution >= 0.6 is 0 Å². The number of nitrogens with zero attached hydrogens (tertiary/aromatic N) is 1. The Bertz CT molecular complexity index is 593. The molecule has 0 aromatic rings. The second-order valence-electron chi connectivity index (χ2n) is 10.4. The van der Waals surface area contributed by atoms with Gasteiger partial charge in [-0.3, -0.25) is 4.79 Å². The van der Waals surface area contributed by atoms with E-state index in [1.165, 1.54) is 32.1 Å². The normalized spacial score (nSPS) is 47.8. The quantitative estimate of drug-likeness (QED) is 0.651. The maximum absolute atomic E-state index is 12.5. The molecule has 0 bridgehead atoms. The molecule has 4 rings (SSSR count). The second-order valence-corrected chi connectivity index (χ2v) is 10.4. The maximum Gasteiger partial charge on any atom is 0.139 e. The number of Topliss-reactive ketones (excluding diaryl/α,β-unsaturated/α-hetero) is 1. The van der Waals surface area contributed by atoms with E-state index in [2.05, 4.69) is 45.8 Å². The van der Waals surface area contributed by atoms with Crippen LogP contribution in [-0.2, 0) is 4.79 Å². The number of rotatable bonds is 2. The van der Waals surface area contributed by atoms with Crippen molar-refractivity contribution in [1.82, 2.24) is 4.90 Å². The fourth-order valence-corrected chi connectivity index (χ4v) is 7.29. The summed E-state index contributed by atoms with van der Waals surface area (Å²) in [6.45, 7) is 7.27. The number of hydrogen-bond acceptors (Lipinski definition) is 2. The number of ketones is 1. The predicted octanol–water partition coefficient (Wildman–Crippen LogP) is 5.08. The Morgan fingerprint density at radius 1 is 1.08 bits per heavy atom. The van der Waals surface area contributed by atoms with Crippen LogP contribution in [0.25, 0.3) is 0 Å². The van der Waals surface area contributed by atoms with Crippen LogP contribution in [0.4, 0.5) is 0 Å². The Kier molecular flexibility index (Phi) is 4.22. The van der Waals surface area contributed by atoms with Crippen molar-refractivity contribution in [2.45, 2.75) is 78.2 Å². The SMILES string of the molecule is C[C@H]([C@H]1CC[C@@]2(C)C(=CC[C@@H]3[C@H]4CCC(=O)[C@@]4(C)CC[C@@H]32)C1)N(C)C. The average Bonchev–Trinajstić information content (AvgIpc) is 2.88. The zero-order chi connectivity index (χ0) is 18.0. The Balaban J connectivity index is 1.59. The second kappa shape index (κ2) is 5.94. The molecule has 0 N–H and O–H groups in total. The van der Waals surface area contributed by atoms with Crippen LogP contribution in [0.2, 0.25) is 0 Å². The summed E-state index contributed by atoms with van der Waals surface area (Å²) < 4.78 is 0. The van der Waals surface area contributed by atoms with Gasteiger partial charge in [0, 0.05) is 17.9 Å². The molecule has 0 radical (unpaired) electrons. The molecule has 2 heteroatoms. The molecule has 0 aromatic carbocycles. The minimum Gasteiger partial charge on any atom is -0.306 e. The number of carbonyl (C=O) groups is 1. The summed E-state index contributed by atoms with van der Waals surface area (Å²) >= 11 is 0. The maximum atomic E-state index is 12.5. The van der Waals surface area contributed by atoms with Gasteiger partial charge in [-0.05, 0) is 95.1 Å². The lowest BCUT2D eigenvalue weighted by atomic mass is 9.47. The Labute approximate surface area is 154 Å². The third kappa shape index (κ3) is 2.50. The van der Waals surface area contributed by atoms with Gasteiger partial charge in [0.25, 0.3) is 0 Å². The van der Waals surface area contributed by atoms with Crippen LogP contribution in [0, 0.1) is 34.5 Å². The smallest absolute Gasteiger partial charge is 0.139 e. The third-order valence-corrected chi connectivity index (χ3v) is 9.35.